The van der Waals surface area contributed by atoms with E-state index in [0.29, 0.717) is 21.8 Å². The number of nitrogens with one attached hydrogen (secondary N) is 1. The highest BCUT2D eigenvalue weighted by Gasteiger charge is 2.35. The first-order chi connectivity index (χ1) is 8.85. The third kappa shape index (κ3) is 2.69. The van der Waals surface area contributed by atoms with Crippen molar-refractivity contribution in [3.05, 3.63) is 27.9 Å². The Labute approximate surface area is 117 Å². The van der Waals surface area contributed by atoms with Gasteiger partial charge in [-0.1, -0.05) is 0 Å². The van der Waals surface area contributed by atoms with Crippen molar-refractivity contribution in [1.82, 2.24) is 9.85 Å². The van der Waals surface area contributed by atoms with Crippen LogP contribution in [-0.2, 0) is 15.9 Å². The Morgan fingerprint density at radius 2 is 2.37 bits per heavy atom. The predicted molar refractivity (Wildman–Crippen MR) is 71.5 cm³/mol. The molecular formula is C11H13N3O3S2. The first-order valence-electron chi connectivity index (χ1n) is 5.48. The fraction of sp³-hybridized carbons (Fsp3) is 0.455. The first-order valence-corrected chi connectivity index (χ1v) is 7.43. The van der Waals surface area contributed by atoms with Crippen LogP contribution in [0, 0.1) is 18.3 Å². The summed E-state index contributed by atoms with van der Waals surface area (Å²) >= 11 is -1.15. The van der Waals surface area contributed by atoms with Crippen LogP contribution in [0.3, 0.4) is 0 Å². The van der Waals surface area contributed by atoms with Crippen molar-refractivity contribution >= 4 is 22.6 Å². The second-order valence-electron chi connectivity index (χ2n) is 4.69. The lowest BCUT2D eigenvalue weighted by molar-refractivity contribution is -0.0159. The van der Waals surface area contributed by atoms with Gasteiger partial charge in [-0.3, -0.25) is 10.3 Å². The molecule has 2 N–H and O–H groups in total. The lowest BCUT2D eigenvalue weighted by Crippen LogP contribution is -2.22. The zero-order chi connectivity index (χ0) is 14.2. The number of nitrogens with zero attached hydrogens (tertiary/aromatic N) is 2. The minimum absolute atomic E-state index is 0.345. The molecule has 6 nitrogen and oxygen atoms in total. The molecule has 1 aromatic rings. The number of aromatic nitrogens is 1. The summed E-state index contributed by atoms with van der Waals surface area (Å²) in [5.74, 6) is 0. The summed E-state index contributed by atoms with van der Waals surface area (Å²) in [5.41, 5.74) is 3.65. The van der Waals surface area contributed by atoms with Crippen molar-refractivity contribution in [3.63, 3.8) is 0 Å². The third-order valence-electron chi connectivity index (χ3n) is 2.69. The quantitative estimate of drug-likeness (QED) is 0.826. The Hall–Kier alpha value is -1.27. The van der Waals surface area contributed by atoms with Gasteiger partial charge in [0.05, 0.1) is 11.4 Å². The maximum atomic E-state index is 11.7. The molecule has 2 unspecified atom stereocenters. The number of nitriles is 1. The lowest BCUT2D eigenvalue weighted by Gasteiger charge is -2.14. The standard InChI is InChI=1S/C11H13N3O3S2/c1-6-9(8(5-12)18-14-6)10(19(15)16)7-4-11(2,3)17-13-7/h4,10,13H,1-3H3,(H,15,16). The molecule has 0 saturated carbocycles. The predicted octanol–water partition coefficient (Wildman–Crippen LogP) is 1.78. The largest absolute Gasteiger partial charge is 0.305 e. The van der Waals surface area contributed by atoms with Gasteiger partial charge in [-0.15, -0.1) is 0 Å². The second-order valence-corrected chi connectivity index (χ2v) is 6.48. The van der Waals surface area contributed by atoms with E-state index in [4.69, 9.17) is 10.1 Å². The number of hydroxylamine groups is 1. The van der Waals surface area contributed by atoms with Crippen molar-refractivity contribution in [2.24, 2.45) is 0 Å². The Morgan fingerprint density at radius 3 is 2.84 bits per heavy atom. The fourth-order valence-corrected chi connectivity index (χ4v) is 3.51. The van der Waals surface area contributed by atoms with Gasteiger partial charge in [0.2, 0.25) is 0 Å². The molecule has 1 aliphatic rings. The Morgan fingerprint density at radius 1 is 1.68 bits per heavy atom. The van der Waals surface area contributed by atoms with E-state index >= 15 is 0 Å². The molecule has 0 amide bonds. The number of hydrogen-bond donors (Lipinski definition) is 2. The molecule has 0 spiro atoms. The molecule has 2 atom stereocenters. The minimum atomic E-state index is -2.17. The molecule has 2 rings (SSSR count). The van der Waals surface area contributed by atoms with E-state index in [-0.39, 0.29) is 0 Å². The molecular weight excluding hydrogens is 286 g/mol. The van der Waals surface area contributed by atoms with E-state index in [1.165, 1.54) is 0 Å². The van der Waals surface area contributed by atoms with Gasteiger partial charge in [-0.2, -0.15) is 9.64 Å². The van der Waals surface area contributed by atoms with Crippen molar-refractivity contribution in [2.75, 3.05) is 0 Å². The second kappa shape index (κ2) is 5.02. The van der Waals surface area contributed by atoms with Gasteiger partial charge in [0.25, 0.3) is 0 Å². The molecule has 0 aromatic carbocycles. The van der Waals surface area contributed by atoms with Crippen molar-refractivity contribution in [3.8, 4) is 6.07 Å². The zero-order valence-electron chi connectivity index (χ0n) is 10.6. The van der Waals surface area contributed by atoms with Crippen molar-refractivity contribution in [1.29, 1.82) is 5.26 Å². The summed E-state index contributed by atoms with van der Waals surface area (Å²) in [6.07, 6.45) is 1.74. The van der Waals surface area contributed by atoms with E-state index in [2.05, 4.69) is 9.85 Å². The molecule has 102 valence electrons. The topological polar surface area (TPSA) is 95.2 Å². The molecule has 1 aliphatic heterocycles. The normalized spacial score (nSPS) is 20.3. The molecule has 0 radical (unpaired) electrons. The molecule has 0 saturated heterocycles. The number of aryl methyl sites for hydroxylation is 1. The van der Waals surface area contributed by atoms with Gasteiger partial charge < -0.3 is 4.55 Å². The number of hydrogen-bond acceptors (Lipinski definition) is 6. The van der Waals surface area contributed by atoms with Crippen LogP contribution in [0.25, 0.3) is 0 Å². The summed E-state index contributed by atoms with van der Waals surface area (Å²) in [6.45, 7) is 5.37. The molecule has 0 fully saturated rings. The summed E-state index contributed by atoms with van der Waals surface area (Å²) in [4.78, 5) is 5.65. The maximum absolute atomic E-state index is 11.7. The van der Waals surface area contributed by atoms with Gasteiger partial charge in [0, 0.05) is 5.56 Å². The average molecular weight is 299 g/mol. The van der Waals surface area contributed by atoms with Crippen LogP contribution in [0.1, 0.15) is 35.2 Å². The highest BCUT2D eigenvalue weighted by Crippen LogP contribution is 2.36. The average Bonchev–Trinajstić information content (AvgIpc) is 2.84. The summed E-state index contributed by atoms with van der Waals surface area (Å²) in [6, 6.07) is 2.01. The van der Waals surface area contributed by atoms with Crippen LogP contribution in [0.2, 0.25) is 0 Å². The molecule has 19 heavy (non-hydrogen) atoms. The van der Waals surface area contributed by atoms with Crippen LogP contribution in [-0.4, -0.2) is 18.7 Å². The monoisotopic (exact) mass is 299 g/mol. The molecule has 0 bridgehead atoms. The lowest BCUT2D eigenvalue weighted by atomic mass is 10.0. The van der Waals surface area contributed by atoms with E-state index in [1.807, 2.05) is 19.9 Å². The Balaban J connectivity index is 2.51. The Kier molecular flexibility index (Phi) is 3.73. The van der Waals surface area contributed by atoms with E-state index in [9.17, 15) is 8.76 Å². The Bertz CT molecular complexity index is 601. The minimum Gasteiger partial charge on any atom is -0.305 e. The van der Waals surface area contributed by atoms with Gasteiger partial charge in [-0.05, 0) is 38.4 Å². The highest BCUT2D eigenvalue weighted by molar-refractivity contribution is 7.79. The van der Waals surface area contributed by atoms with Gasteiger partial charge in [-0.25, -0.2) is 4.21 Å². The molecule has 8 heteroatoms. The molecule has 2 heterocycles. The summed E-state index contributed by atoms with van der Waals surface area (Å²) < 4.78 is 25.3. The first kappa shape index (κ1) is 14.1. The maximum Gasteiger partial charge on any atom is 0.166 e. The highest BCUT2D eigenvalue weighted by atomic mass is 32.2. The van der Waals surface area contributed by atoms with Crippen LogP contribution >= 0.6 is 11.5 Å². The third-order valence-corrected chi connectivity index (χ3v) is 4.44. The van der Waals surface area contributed by atoms with Gasteiger partial charge >= 0.3 is 0 Å². The summed E-state index contributed by atoms with van der Waals surface area (Å²) in [7, 11) is 0. The van der Waals surface area contributed by atoms with Gasteiger partial charge in [0.15, 0.2) is 11.1 Å². The van der Waals surface area contributed by atoms with E-state index in [1.54, 1.807) is 13.0 Å². The number of rotatable bonds is 3. The van der Waals surface area contributed by atoms with Gasteiger partial charge in [0.1, 0.15) is 21.8 Å². The van der Waals surface area contributed by atoms with Crippen LogP contribution in [0.5, 0.6) is 0 Å². The van der Waals surface area contributed by atoms with Crippen LogP contribution < -0.4 is 5.48 Å². The molecule has 1 aromatic heterocycles. The summed E-state index contributed by atoms with van der Waals surface area (Å²) in [5, 5.41) is 8.22. The van der Waals surface area contributed by atoms with Crippen LogP contribution in [0.4, 0.5) is 0 Å². The molecule has 0 aliphatic carbocycles. The van der Waals surface area contributed by atoms with E-state index < -0.39 is 21.9 Å². The SMILES string of the molecule is Cc1nsc(C#N)c1C(C1=CC(C)(C)ON1)S(=O)O. The fourth-order valence-electron chi connectivity index (χ4n) is 1.88. The van der Waals surface area contributed by atoms with Crippen LogP contribution in [0.15, 0.2) is 11.8 Å². The smallest absolute Gasteiger partial charge is 0.166 e. The van der Waals surface area contributed by atoms with Crippen molar-refractivity contribution < 1.29 is 13.6 Å². The zero-order valence-corrected chi connectivity index (χ0v) is 12.3. The van der Waals surface area contributed by atoms with E-state index in [0.717, 1.165) is 11.5 Å². The van der Waals surface area contributed by atoms with Crippen molar-refractivity contribution in [2.45, 2.75) is 31.6 Å².